The summed E-state index contributed by atoms with van der Waals surface area (Å²) in [5, 5.41) is -0.0757. The highest BCUT2D eigenvalue weighted by atomic mass is 32.2. The molecule has 2 aromatic rings. The summed E-state index contributed by atoms with van der Waals surface area (Å²) in [7, 11) is 4.34. The summed E-state index contributed by atoms with van der Waals surface area (Å²) in [6.45, 7) is 3.70. The summed E-state index contributed by atoms with van der Waals surface area (Å²) in [5.74, 6) is -0.344. The molecule has 124 valence electrons. The fourth-order valence-electron chi connectivity index (χ4n) is 2.32. The van der Waals surface area contributed by atoms with E-state index in [4.69, 9.17) is 4.74 Å². The lowest BCUT2D eigenvalue weighted by Gasteiger charge is -2.16. The predicted octanol–water partition coefficient (Wildman–Crippen LogP) is 0.984. The summed E-state index contributed by atoms with van der Waals surface area (Å²) in [6, 6.07) is 0. The largest absolute Gasteiger partial charge is 0.468 e. The number of nitrogens with zero attached hydrogens (tertiary/aromatic N) is 3. The highest BCUT2D eigenvalue weighted by molar-refractivity contribution is 8.00. The third-order valence-electron chi connectivity index (χ3n) is 3.69. The van der Waals surface area contributed by atoms with Crippen LogP contribution in [0.5, 0.6) is 0 Å². The van der Waals surface area contributed by atoms with Crippen molar-refractivity contribution in [2.24, 2.45) is 14.1 Å². The van der Waals surface area contributed by atoms with Gasteiger partial charge >= 0.3 is 11.7 Å². The van der Waals surface area contributed by atoms with E-state index >= 15 is 0 Å². The Labute approximate surface area is 137 Å². The molecule has 0 amide bonds. The van der Waals surface area contributed by atoms with Gasteiger partial charge < -0.3 is 4.74 Å². The van der Waals surface area contributed by atoms with E-state index in [1.54, 1.807) is 13.2 Å². The van der Waals surface area contributed by atoms with Crippen LogP contribution in [0.1, 0.15) is 18.9 Å². The van der Waals surface area contributed by atoms with Gasteiger partial charge in [-0.15, -0.1) is 11.8 Å². The standard InChI is InChI=1S/C15H19N3O4S/c1-6-9(14(20)22-5)23-11-8(2)7-16-12-10(11)13(19)18(4)15(21)17(12)3/h7,9H,6H2,1-5H3/t9-/m0/s1. The maximum atomic E-state index is 12.6. The van der Waals surface area contributed by atoms with Gasteiger partial charge in [-0.05, 0) is 18.9 Å². The summed E-state index contributed by atoms with van der Waals surface area (Å²) in [5.41, 5.74) is 0.239. The maximum Gasteiger partial charge on any atom is 0.332 e. The molecular formula is C15H19N3O4S. The molecule has 0 aromatic carbocycles. The average Bonchev–Trinajstić information content (AvgIpc) is 2.56. The average molecular weight is 337 g/mol. The number of carbonyl (C=O) groups is 1. The van der Waals surface area contributed by atoms with Gasteiger partial charge in [0.1, 0.15) is 10.9 Å². The van der Waals surface area contributed by atoms with Crippen LogP contribution >= 0.6 is 11.8 Å². The Hall–Kier alpha value is -2.09. The van der Waals surface area contributed by atoms with Crippen molar-refractivity contribution in [1.29, 1.82) is 0 Å². The Morgan fingerprint density at radius 3 is 2.57 bits per heavy atom. The van der Waals surface area contributed by atoms with E-state index in [1.165, 1.54) is 30.5 Å². The summed E-state index contributed by atoms with van der Waals surface area (Å²) < 4.78 is 7.19. The van der Waals surface area contributed by atoms with E-state index in [1.807, 2.05) is 13.8 Å². The highest BCUT2D eigenvalue weighted by Crippen LogP contribution is 2.32. The van der Waals surface area contributed by atoms with Crippen molar-refractivity contribution in [2.75, 3.05) is 7.11 Å². The van der Waals surface area contributed by atoms with Gasteiger partial charge in [0, 0.05) is 25.2 Å². The van der Waals surface area contributed by atoms with Gasteiger partial charge in [-0.3, -0.25) is 18.7 Å². The van der Waals surface area contributed by atoms with Gasteiger partial charge in [-0.1, -0.05) is 6.92 Å². The minimum atomic E-state index is -0.435. The van der Waals surface area contributed by atoms with E-state index in [-0.39, 0.29) is 5.97 Å². The first-order valence-corrected chi connectivity index (χ1v) is 8.01. The molecule has 2 rings (SSSR count). The second kappa shape index (κ2) is 6.57. The molecule has 23 heavy (non-hydrogen) atoms. The summed E-state index contributed by atoms with van der Waals surface area (Å²) >= 11 is 1.27. The van der Waals surface area contributed by atoms with E-state index in [0.717, 1.165) is 10.1 Å². The Bertz CT molecular complexity index is 885. The second-order valence-electron chi connectivity index (χ2n) is 5.21. The second-order valence-corrected chi connectivity index (χ2v) is 6.43. The molecule has 8 heteroatoms. The van der Waals surface area contributed by atoms with Crippen LogP contribution in [0.2, 0.25) is 0 Å². The molecule has 0 N–H and O–H groups in total. The molecule has 2 aromatic heterocycles. The van der Waals surface area contributed by atoms with Crippen molar-refractivity contribution in [3.63, 3.8) is 0 Å². The minimum Gasteiger partial charge on any atom is -0.468 e. The Balaban J connectivity index is 2.78. The van der Waals surface area contributed by atoms with Crippen LogP contribution in [-0.4, -0.2) is 32.4 Å². The van der Waals surface area contributed by atoms with Crippen molar-refractivity contribution >= 4 is 28.8 Å². The Morgan fingerprint density at radius 2 is 2.00 bits per heavy atom. The number of aryl methyl sites for hydroxylation is 2. The highest BCUT2D eigenvalue weighted by Gasteiger charge is 2.23. The van der Waals surface area contributed by atoms with Gasteiger partial charge in [-0.2, -0.15) is 0 Å². The molecule has 0 radical (unpaired) electrons. The van der Waals surface area contributed by atoms with Gasteiger partial charge in [-0.25, -0.2) is 9.78 Å². The number of hydrogen-bond acceptors (Lipinski definition) is 6. The number of thioether (sulfide) groups is 1. The number of aromatic nitrogens is 3. The smallest absolute Gasteiger partial charge is 0.332 e. The number of ether oxygens (including phenoxy) is 1. The van der Waals surface area contributed by atoms with Crippen LogP contribution in [0.4, 0.5) is 0 Å². The number of rotatable bonds is 4. The van der Waals surface area contributed by atoms with Crippen LogP contribution in [-0.2, 0) is 23.6 Å². The third kappa shape index (κ3) is 2.90. The van der Waals surface area contributed by atoms with E-state index in [0.29, 0.717) is 22.3 Å². The van der Waals surface area contributed by atoms with Crippen LogP contribution in [0, 0.1) is 6.92 Å². The van der Waals surface area contributed by atoms with Crippen LogP contribution in [0.3, 0.4) is 0 Å². The molecule has 0 saturated carbocycles. The molecule has 0 aliphatic carbocycles. The molecule has 0 spiro atoms. The van der Waals surface area contributed by atoms with Crippen molar-refractivity contribution < 1.29 is 9.53 Å². The zero-order valence-electron chi connectivity index (χ0n) is 13.7. The van der Waals surface area contributed by atoms with Gasteiger partial charge in [0.15, 0.2) is 0 Å². The molecule has 0 fully saturated rings. The number of esters is 1. The monoisotopic (exact) mass is 337 g/mol. The van der Waals surface area contributed by atoms with Crippen molar-refractivity contribution in [3.8, 4) is 0 Å². The van der Waals surface area contributed by atoms with Gasteiger partial charge in [0.2, 0.25) is 0 Å². The number of carbonyl (C=O) groups excluding carboxylic acids is 1. The number of methoxy groups -OCH3 is 1. The molecule has 0 saturated heterocycles. The van der Waals surface area contributed by atoms with Crippen molar-refractivity contribution in [1.82, 2.24) is 14.1 Å². The lowest BCUT2D eigenvalue weighted by molar-refractivity contribution is -0.140. The van der Waals surface area contributed by atoms with E-state index < -0.39 is 16.5 Å². The SMILES string of the molecule is CC[C@H](Sc1c(C)cnc2c1c(=O)n(C)c(=O)n2C)C(=O)OC. The fourth-order valence-corrected chi connectivity index (χ4v) is 3.50. The van der Waals surface area contributed by atoms with Crippen molar-refractivity contribution in [2.45, 2.75) is 30.4 Å². The van der Waals surface area contributed by atoms with Gasteiger partial charge in [0.25, 0.3) is 5.56 Å². The normalized spacial score (nSPS) is 12.4. The molecule has 1 atom stereocenters. The summed E-state index contributed by atoms with van der Waals surface area (Å²) in [4.78, 5) is 41.3. The van der Waals surface area contributed by atoms with E-state index in [9.17, 15) is 14.4 Å². The Morgan fingerprint density at radius 1 is 1.35 bits per heavy atom. The Kier molecular flexibility index (Phi) is 4.93. The topological polar surface area (TPSA) is 83.2 Å². The first kappa shape index (κ1) is 17.3. The molecule has 0 aliphatic heterocycles. The lowest BCUT2D eigenvalue weighted by Crippen LogP contribution is -2.37. The number of fused-ring (bicyclic) bond motifs is 1. The molecule has 7 nitrogen and oxygen atoms in total. The van der Waals surface area contributed by atoms with Crippen LogP contribution < -0.4 is 11.2 Å². The fraction of sp³-hybridized carbons (Fsp3) is 0.467. The first-order chi connectivity index (χ1) is 10.8. The lowest BCUT2D eigenvalue weighted by atomic mass is 10.2. The quantitative estimate of drug-likeness (QED) is 0.611. The van der Waals surface area contributed by atoms with Crippen LogP contribution in [0.25, 0.3) is 11.0 Å². The minimum absolute atomic E-state index is 0.311. The summed E-state index contributed by atoms with van der Waals surface area (Å²) in [6.07, 6.45) is 2.17. The molecule has 2 heterocycles. The number of pyridine rings is 1. The van der Waals surface area contributed by atoms with Crippen molar-refractivity contribution in [3.05, 3.63) is 32.6 Å². The predicted molar refractivity (Wildman–Crippen MR) is 88.9 cm³/mol. The first-order valence-electron chi connectivity index (χ1n) is 7.13. The molecule has 0 unspecified atom stereocenters. The molecule has 0 aliphatic rings. The van der Waals surface area contributed by atoms with Gasteiger partial charge in [0.05, 0.1) is 12.5 Å². The zero-order valence-corrected chi connectivity index (χ0v) is 14.6. The van der Waals surface area contributed by atoms with E-state index in [2.05, 4.69) is 4.98 Å². The maximum absolute atomic E-state index is 12.6. The third-order valence-corrected chi connectivity index (χ3v) is 5.27. The molecule has 0 bridgehead atoms. The van der Waals surface area contributed by atoms with Crippen LogP contribution in [0.15, 0.2) is 20.7 Å². The zero-order chi connectivity index (χ0) is 17.3. The number of hydrogen-bond donors (Lipinski definition) is 0. The molecular weight excluding hydrogens is 318 g/mol.